The first-order valence-corrected chi connectivity index (χ1v) is 10.8. The summed E-state index contributed by atoms with van der Waals surface area (Å²) in [7, 11) is -3.89. The topological polar surface area (TPSA) is 109 Å². The zero-order valence-electron chi connectivity index (χ0n) is 16.0. The number of hydrogen-bond donors (Lipinski definition) is 2. The van der Waals surface area contributed by atoms with Gasteiger partial charge in [-0.25, -0.2) is 8.42 Å². The van der Waals surface area contributed by atoms with Gasteiger partial charge in [0, 0.05) is 30.6 Å². The Labute approximate surface area is 164 Å². The van der Waals surface area contributed by atoms with Gasteiger partial charge < -0.3 is 14.6 Å². The first kappa shape index (κ1) is 20.3. The van der Waals surface area contributed by atoms with Crippen LogP contribution in [-0.4, -0.2) is 55.4 Å². The second-order valence-corrected chi connectivity index (χ2v) is 8.62. The van der Waals surface area contributed by atoms with Crippen LogP contribution in [0.4, 0.5) is 0 Å². The van der Waals surface area contributed by atoms with Crippen molar-refractivity contribution in [1.82, 2.24) is 14.6 Å². The summed E-state index contributed by atoms with van der Waals surface area (Å²) >= 11 is 0. The standard InChI is InChI=1S/C19H25N3O5S/c1-3-16(19(24)22-11-5-6-14(12-22)27-13(2)23)21-28(25,26)18-8-4-7-17-15(18)9-10-20-17/h4,7-10,14,16,20-21H,3,5-6,11-12H2,1-2H3. The Hall–Kier alpha value is -2.39. The molecule has 3 rings (SSSR count). The number of piperidine rings is 1. The van der Waals surface area contributed by atoms with Gasteiger partial charge in [-0.1, -0.05) is 13.0 Å². The number of H-pyrrole nitrogens is 1. The van der Waals surface area contributed by atoms with Gasteiger partial charge in [0.15, 0.2) is 0 Å². The molecule has 1 aromatic heterocycles. The molecule has 1 aliphatic rings. The second kappa shape index (κ2) is 8.32. The molecule has 28 heavy (non-hydrogen) atoms. The molecular weight excluding hydrogens is 382 g/mol. The molecule has 1 fully saturated rings. The van der Waals surface area contributed by atoms with E-state index in [0.29, 0.717) is 36.7 Å². The quantitative estimate of drug-likeness (QED) is 0.710. The van der Waals surface area contributed by atoms with Crippen LogP contribution in [0.5, 0.6) is 0 Å². The number of nitrogens with one attached hydrogen (secondary N) is 2. The van der Waals surface area contributed by atoms with E-state index in [2.05, 4.69) is 9.71 Å². The number of nitrogens with zero attached hydrogens (tertiary/aromatic N) is 1. The molecule has 1 aliphatic heterocycles. The van der Waals surface area contributed by atoms with Gasteiger partial charge >= 0.3 is 5.97 Å². The van der Waals surface area contributed by atoms with Gasteiger partial charge in [0.2, 0.25) is 15.9 Å². The Kier molecular flexibility index (Phi) is 6.04. The molecule has 2 aromatic rings. The summed E-state index contributed by atoms with van der Waals surface area (Å²) in [5.41, 5.74) is 0.711. The Bertz CT molecular complexity index is 969. The number of benzene rings is 1. The molecule has 2 unspecified atom stereocenters. The molecule has 152 valence electrons. The summed E-state index contributed by atoms with van der Waals surface area (Å²) in [5, 5.41) is 0.574. The highest BCUT2D eigenvalue weighted by Crippen LogP contribution is 2.23. The van der Waals surface area contributed by atoms with E-state index in [1.807, 2.05) is 0 Å². The van der Waals surface area contributed by atoms with E-state index in [1.165, 1.54) is 13.0 Å². The van der Waals surface area contributed by atoms with Crippen LogP contribution in [0.25, 0.3) is 10.9 Å². The smallest absolute Gasteiger partial charge is 0.302 e. The molecule has 1 saturated heterocycles. The number of fused-ring (bicyclic) bond motifs is 1. The number of esters is 1. The third-order valence-electron chi connectivity index (χ3n) is 4.87. The van der Waals surface area contributed by atoms with Gasteiger partial charge in [-0.05, 0) is 37.5 Å². The van der Waals surface area contributed by atoms with Crippen LogP contribution < -0.4 is 4.72 Å². The lowest BCUT2D eigenvalue weighted by atomic mass is 10.1. The van der Waals surface area contributed by atoms with E-state index >= 15 is 0 Å². The molecule has 0 spiro atoms. The highest BCUT2D eigenvalue weighted by atomic mass is 32.2. The minimum atomic E-state index is -3.89. The average molecular weight is 407 g/mol. The minimum Gasteiger partial charge on any atom is -0.461 e. The largest absolute Gasteiger partial charge is 0.461 e. The van der Waals surface area contributed by atoms with Crippen molar-refractivity contribution in [3.05, 3.63) is 30.5 Å². The number of aromatic amines is 1. The van der Waals surface area contributed by atoms with E-state index in [4.69, 9.17) is 4.74 Å². The van der Waals surface area contributed by atoms with Gasteiger partial charge in [0.25, 0.3) is 0 Å². The Balaban J connectivity index is 1.76. The molecule has 0 bridgehead atoms. The van der Waals surface area contributed by atoms with Crippen molar-refractivity contribution in [1.29, 1.82) is 0 Å². The number of ether oxygens (including phenoxy) is 1. The van der Waals surface area contributed by atoms with Crippen molar-refractivity contribution in [3.8, 4) is 0 Å². The van der Waals surface area contributed by atoms with E-state index < -0.39 is 16.1 Å². The Morgan fingerprint density at radius 2 is 2.14 bits per heavy atom. The Morgan fingerprint density at radius 1 is 1.36 bits per heavy atom. The molecule has 0 saturated carbocycles. The molecule has 1 aromatic carbocycles. The lowest BCUT2D eigenvalue weighted by Crippen LogP contribution is -2.52. The highest BCUT2D eigenvalue weighted by Gasteiger charge is 2.32. The number of hydrogen-bond acceptors (Lipinski definition) is 5. The van der Waals surface area contributed by atoms with Crippen molar-refractivity contribution < 1.29 is 22.7 Å². The summed E-state index contributed by atoms with van der Waals surface area (Å²) in [4.78, 5) is 28.8. The predicted molar refractivity (Wildman–Crippen MR) is 104 cm³/mol. The van der Waals surface area contributed by atoms with E-state index in [0.717, 1.165) is 0 Å². The number of aromatic nitrogens is 1. The molecule has 2 N–H and O–H groups in total. The fourth-order valence-electron chi connectivity index (χ4n) is 3.54. The number of amides is 1. The molecule has 8 nitrogen and oxygen atoms in total. The van der Waals surface area contributed by atoms with Crippen molar-refractivity contribution in [2.24, 2.45) is 0 Å². The summed E-state index contributed by atoms with van der Waals surface area (Å²) < 4.78 is 33.7. The highest BCUT2D eigenvalue weighted by molar-refractivity contribution is 7.89. The summed E-state index contributed by atoms with van der Waals surface area (Å²) in [6.07, 6.45) is 3.04. The predicted octanol–water partition coefficient (Wildman–Crippen LogP) is 1.78. The third kappa shape index (κ3) is 4.36. The summed E-state index contributed by atoms with van der Waals surface area (Å²) in [5.74, 6) is -0.684. The van der Waals surface area contributed by atoms with Gasteiger partial charge in [0.1, 0.15) is 12.1 Å². The summed E-state index contributed by atoms with van der Waals surface area (Å²) in [6.45, 7) is 3.90. The maximum absolute atomic E-state index is 12.9. The van der Waals surface area contributed by atoms with Crippen LogP contribution >= 0.6 is 0 Å². The molecule has 1 amide bonds. The number of sulfonamides is 1. The SMILES string of the molecule is CCC(NS(=O)(=O)c1cccc2[nH]ccc12)C(=O)N1CCCC(OC(C)=O)C1. The van der Waals surface area contributed by atoms with E-state index in [9.17, 15) is 18.0 Å². The number of likely N-dealkylation sites (tertiary alicyclic amines) is 1. The van der Waals surface area contributed by atoms with Crippen LogP contribution in [0.2, 0.25) is 0 Å². The molecule has 9 heteroatoms. The lowest BCUT2D eigenvalue weighted by molar-refractivity contribution is -0.152. The zero-order chi connectivity index (χ0) is 20.3. The fourth-order valence-corrected chi connectivity index (χ4v) is 5.03. The maximum atomic E-state index is 12.9. The molecule has 2 heterocycles. The molecule has 0 radical (unpaired) electrons. The fraction of sp³-hybridized carbons (Fsp3) is 0.474. The van der Waals surface area contributed by atoms with Crippen LogP contribution in [0, 0.1) is 0 Å². The molecule has 2 atom stereocenters. The van der Waals surface area contributed by atoms with Crippen molar-refractivity contribution >= 4 is 32.8 Å². The molecule has 0 aliphatic carbocycles. The van der Waals surface area contributed by atoms with E-state index in [1.54, 1.807) is 36.2 Å². The zero-order valence-corrected chi connectivity index (χ0v) is 16.8. The van der Waals surface area contributed by atoms with Gasteiger partial charge in [-0.2, -0.15) is 4.72 Å². The van der Waals surface area contributed by atoms with Crippen LogP contribution in [-0.2, 0) is 24.3 Å². The minimum absolute atomic E-state index is 0.133. The van der Waals surface area contributed by atoms with Gasteiger partial charge in [-0.15, -0.1) is 0 Å². The monoisotopic (exact) mass is 407 g/mol. The van der Waals surface area contributed by atoms with Crippen LogP contribution in [0.1, 0.15) is 33.1 Å². The normalized spacial score (nSPS) is 18.8. The first-order chi connectivity index (χ1) is 13.3. The number of rotatable bonds is 6. The van der Waals surface area contributed by atoms with Crippen molar-refractivity contribution in [2.75, 3.05) is 13.1 Å². The molecular formula is C19H25N3O5S. The van der Waals surface area contributed by atoms with Gasteiger partial charge in [0.05, 0.1) is 11.4 Å². The van der Waals surface area contributed by atoms with Crippen LogP contribution in [0.15, 0.2) is 35.4 Å². The van der Waals surface area contributed by atoms with Crippen LogP contribution in [0.3, 0.4) is 0 Å². The number of carbonyl (C=O) groups is 2. The van der Waals surface area contributed by atoms with Crippen molar-refractivity contribution in [3.63, 3.8) is 0 Å². The number of carbonyl (C=O) groups excluding carboxylic acids is 2. The van der Waals surface area contributed by atoms with E-state index in [-0.39, 0.29) is 29.4 Å². The van der Waals surface area contributed by atoms with Gasteiger partial charge in [-0.3, -0.25) is 9.59 Å². The first-order valence-electron chi connectivity index (χ1n) is 9.36. The maximum Gasteiger partial charge on any atom is 0.302 e. The average Bonchev–Trinajstić information content (AvgIpc) is 3.14. The lowest BCUT2D eigenvalue weighted by Gasteiger charge is -2.34. The summed E-state index contributed by atoms with van der Waals surface area (Å²) in [6, 6.07) is 5.79. The van der Waals surface area contributed by atoms with Crippen molar-refractivity contribution in [2.45, 2.75) is 50.2 Å². The third-order valence-corrected chi connectivity index (χ3v) is 6.40. The Morgan fingerprint density at radius 3 is 2.86 bits per heavy atom. The second-order valence-electron chi connectivity index (χ2n) is 6.94.